The highest BCUT2D eigenvalue weighted by atomic mass is 19.4. The molecular formula is C28H36F3N7O2. The number of methoxy groups -OCH3 is 1. The topological polar surface area (TPSA) is 122 Å². The predicted octanol–water partition coefficient (Wildman–Crippen LogP) is 2.93. The van der Waals surface area contributed by atoms with E-state index in [1.54, 1.807) is 42.7 Å². The molecule has 3 rings (SSSR count). The first-order valence-electron chi connectivity index (χ1n) is 12.6. The second kappa shape index (κ2) is 13.6. The zero-order valence-electron chi connectivity index (χ0n) is 23.0. The van der Waals surface area contributed by atoms with Crippen LogP contribution in [0.1, 0.15) is 21.5 Å². The van der Waals surface area contributed by atoms with Gasteiger partial charge >= 0.3 is 6.18 Å². The van der Waals surface area contributed by atoms with E-state index in [9.17, 15) is 18.0 Å². The maximum atomic E-state index is 13.8. The number of carbonyl (C=O) groups is 1. The number of hydrazine groups is 1. The highest BCUT2D eigenvalue weighted by Gasteiger charge is 2.39. The van der Waals surface area contributed by atoms with Gasteiger partial charge in [-0.1, -0.05) is 12.1 Å². The van der Waals surface area contributed by atoms with Crippen LogP contribution in [0.2, 0.25) is 0 Å². The van der Waals surface area contributed by atoms with E-state index in [0.717, 1.165) is 24.3 Å². The molecule has 12 heteroatoms. The Morgan fingerprint density at radius 3 is 2.60 bits per heavy atom. The van der Waals surface area contributed by atoms with Gasteiger partial charge in [-0.2, -0.15) is 13.2 Å². The van der Waals surface area contributed by atoms with Gasteiger partial charge in [-0.15, -0.1) is 0 Å². The number of amides is 1. The molecule has 1 aliphatic rings. The van der Waals surface area contributed by atoms with Crippen molar-refractivity contribution in [3.63, 3.8) is 0 Å². The minimum Gasteiger partial charge on any atom is -0.397 e. The summed E-state index contributed by atoms with van der Waals surface area (Å²) < 4.78 is 46.8. The summed E-state index contributed by atoms with van der Waals surface area (Å²) in [5, 5.41) is 7.09. The van der Waals surface area contributed by atoms with Crippen LogP contribution < -0.4 is 27.2 Å². The summed E-state index contributed by atoms with van der Waals surface area (Å²) in [6.07, 6.45) is 1.39. The monoisotopic (exact) mass is 559 g/mol. The number of nitrogens with zero attached hydrogens (tertiary/aromatic N) is 3. The van der Waals surface area contributed by atoms with Gasteiger partial charge in [0.05, 0.1) is 17.0 Å². The smallest absolute Gasteiger partial charge is 0.397 e. The largest absolute Gasteiger partial charge is 0.416 e. The molecule has 1 aromatic carbocycles. The van der Waals surface area contributed by atoms with Crippen LogP contribution in [-0.2, 0) is 4.74 Å². The molecule has 1 aliphatic carbocycles. The fraction of sp³-hybridized carbons (Fsp3) is 0.357. The van der Waals surface area contributed by atoms with Crippen LogP contribution in [0, 0.1) is 12.8 Å². The van der Waals surface area contributed by atoms with E-state index in [4.69, 9.17) is 16.3 Å². The van der Waals surface area contributed by atoms with Crippen LogP contribution in [0.3, 0.4) is 0 Å². The summed E-state index contributed by atoms with van der Waals surface area (Å²) in [4.78, 5) is 19.3. The number of nitrogens with two attached hydrogens (primary N) is 2. The van der Waals surface area contributed by atoms with Gasteiger partial charge in [0.15, 0.2) is 0 Å². The Balaban J connectivity index is 1.83. The lowest BCUT2D eigenvalue weighted by Gasteiger charge is -2.31. The van der Waals surface area contributed by atoms with Gasteiger partial charge in [0.25, 0.3) is 5.91 Å². The first-order valence-corrected chi connectivity index (χ1v) is 12.6. The second-order valence-corrected chi connectivity index (χ2v) is 9.74. The number of carbonyl (C=O) groups excluding carboxylic acids is 1. The molecule has 40 heavy (non-hydrogen) atoms. The molecule has 0 fully saturated rings. The van der Waals surface area contributed by atoms with Crippen LogP contribution in [0.25, 0.3) is 5.70 Å². The zero-order valence-corrected chi connectivity index (χ0v) is 23.0. The molecule has 0 bridgehead atoms. The summed E-state index contributed by atoms with van der Waals surface area (Å²) in [6.45, 7) is 3.35. The van der Waals surface area contributed by atoms with Gasteiger partial charge in [0.2, 0.25) is 0 Å². The molecule has 6 N–H and O–H groups in total. The number of anilines is 1. The van der Waals surface area contributed by atoms with Gasteiger partial charge in [-0.25, -0.2) is 5.84 Å². The van der Waals surface area contributed by atoms with Crippen molar-refractivity contribution >= 4 is 17.3 Å². The van der Waals surface area contributed by atoms with Gasteiger partial charge in [-0.3, -0.25) is 14.8 Å². The number of pyridine rings is 1. The fourth-order valence-corrected chi connectivity index (χ4v) is 4.23. The molecule has 1 aromatic heterocycles. The standard InChI is InChI=1S/C28H36F3N7O2/c1-18-7-8-19(13-25(18)38(33)17-23(32)20-6-5-9-34-15-20)27(39)36-24-14-22(28(29,30)31)12-21(26(24)40-4)16-35-10-11-37(2)3/h5-9,12-15,17,21,26,35H,10-11,16,32-33H2,1-4H3,(H,36,39)/b23-17-. The Bertz CT molecular complexity index is 1260. The Morgan fingerprint density at radius 2 is 1.98 bits per heavy atom. The van der Waals surface area contributed by atoms with Crippen molar-refractivity contribution in [2.75, 3.05) is 45.8 Å². The number of halogens is 3. The quantitative estimate of drug-likeness (QED) is 0.188. The molecule has 0 saturated carbocycles. The molecule has 1 heterocycles. The third-order valence-electron chi connectivity index (χ3n) is 6.38. The van der Waals surface area contributed by atoms with Crippen molar-refractivity contribution in [2.45, 2.75) is 19.2 Å². The van der Waals surface area contributed by atoms with Crippen molar-refractivity contribution < 1.29 is 22.7 Å². The van der Waals surface area contributed by atoms with E-state index in [0.29, 0.717) is 23.5 Å². The summed E-state index contributed by atoms with van der Waals surface area (Å²) >= 11 is 0. The van der Waals surface area contributed by atoms with Gasteiger partial charge in [0.1, 0.15) is 6.10 Å². The maximum Gasteiger partial charge on any atom is 0.416 e. The van der Waals surface area contributed by atoms with Crippen LogP contribution in [0.4, 0.5) is 18.9 Å². The average molecular weight is 560 g/mol. The van der Waals surface area contributed by atoms with Crippen molar-refractivity contribution in [3.05, 3.63) is 89.0 Å². The van der Waals surface area contributed by atoms with E-state index < -0.39 is 29.7 Å². The molecule has 2 unspecified atom stereocenters. The average Bonchev–Trinajstić information content (AvgIpc) is 2.90. The Kier molecular flexibility index (Phi) is 10.5. The lowest BCUT2D eigenvalue weighted by Crippen LogP contribution is -2.42. The highest BCUT2D eigenvalue weighted by molar-refractivity contribution is 5.96. The lowest BCUT2D eigenvalue weighted by molar-refractivity contribution is -0.0898. The second-order valence-electron chi connectivity index (χ2n) is 9.74. The minimum absolute atomic E-state index is 0.0224. The Morgan fingerprint density at radius 1 is 1.23 bits per heavy atom. The van der Waals surface area contributed by atoms with Crippen LogP contribution in [0.5, 0.6) is 0 Å². The maximum absolute atomic E-state index is 13.8. The molecule has 0 saturated heterocycles. The molecule has 1 amide bonds. The number of rotatable bonds is 11. The van der Waals surface area contributed by atoms with Crippen LogP contribution in [0.15, 0.2) is 72.3 Å². The fourth-order valence-electron chi connectivity index (χ4n) is 4.23. The van der Waals surface area contributed by atoms with E-state index in [2.05, 4.69) is 15.6 Å². The predicted molar refractivity (Wildman–Crippen MR) is 150 cm³/mol. The molecule has 2 aromatic rings. The molecular weight excluding hydrogens is 523 g/mol. The SMILES string of the molecule is COC1C(NC(=O)c2ccc(C)c(N(N)/C=C(\N)c3cccnc3)c2)=CC(C(F)(F)F)=CC1CNCCN(C)C. The van der Waals surface area contributed by atoms with Gasteiger partial charge in [0, 0.05) is 68.1 Å². The minimum atomic E-state index is -4.59. The lowest BCUT2D eigenvalue weighted by atomic mass is 9.90. The molecule has 0 radical (unpaired) electrons. The molecule has 9 nitrogen and oxygen atoms in total. The van der Waals surface area contributed by atoms with Crippen molar-refractivity contribution in [1.29, 1.82) is 0 Å². The van der Waals surface area contributed by atoms with Crippen molar-refractivity contribution in [2.24, 2.45) is 17.5 Å². The number of hydrogen-bond donors (Lipinski definition) is 4. The van der Waals surface area contributed by atoms with Crippen molar-refractivity contribution in [1.82, 2.24) is 20.5 Å². The molecule has 216 valence electrons. The first kappa shape index (κ1) is 30.8. The number of aromatic nitrogens is 1. The Labute approximate surface area is 232 Å². The molecule has 2 atom stereocenters. The number of hydrogen-bond acceptors (Lipinski definition) is 8. The number of benzene rings is 1. The molecule has 0 spiro atoms. The number of allylic oxidation sites excluding steroid dienone is 2. The summed E-state index contributed by atoms with van der Waals surface area (Å²) in [5.74, 6) is 4.99. The third-order valence-corrected chi connectivity index (χ3v) is 6.38. The number of alkyl halides is 3. The van der Waals surface area contributed by atoms with Gasteiger partial charge < -0.3 is 26.0 Å². The summed E-state index contributed by atoms with van der Waals surface area (Å²) in [6, 6.07) is 8.33. The van der Waals surface area contributed by atoms with E-state index >= 15 is 0 Å². The summed E-state index contributed by atoms with van der Waals surface area (Å²) in [5.41, 5.74) is 7.79. The van der Waals surface area contributed by atoms with E-state index in [1.165, 1.54) is 18.3 Å². The third kappa shape index (κ3) is 8.15. The summed E-state index contributed by atoms with van der Waals surface area (Å²) in [7, 11) is 5.22. The number of nitrogens with one attached hydrogen (secondary N) is 2. The Hall–Kier alpha value is -3.71. The number of ether oxygens (including phenoxy) is 1. The van der Waals surface area contributed by atoms with Crippen molar-refractivity contribution in [3.8, 4) is 0 Å². The van der Waals surface area contributed by atoms with E-state index in [-0.39, 0.29) is 17.8 Å². The highest BCUT2D eigenvalue weighted by Crippen LogP contribution is 2.34. The molecule has 0 aliphatic heterocycles. The van der Waals surface area contributed by atoms with E-state index in [1.807, 2.05) is 25.9 Å². The normalized spacial score (nSPS) is 17.9. The zero-order chi connectivity index (χ0) is 29.4. The van der Waals surface area contributed by atoms with Crippen LogP contribution >= 0.6 is 0 Å². The number of likely N-dealkylation sites (N-methyl/N-ethyl adjacent to an activating group) is 1. The van der Waals surface area contributed by atoms with Crippen LogP contribution in [-0.4, -0.2) is 68.9 Å². The number of aryl methyl sites for hydroxylation is 1. The first-order chi connectivity index (χ1) is 18.9. The van der Waals surface area contributed by atoms with Gasteiger partial charge in [-0.05, 0) is 56.9 Å².